The van der Waals surface area contributed by atoms with Gasteiger partial charge in [0, 0.05) is 19.8 Å². The lowest BCUT2D eigenvalue weighted by Crippen LogP contribution is -2.07. The van der Waals surface area contributed by atoms with Crippen LogP contribution in [0.3, 0.4) is 0 Å². The minimum atomic E-state index is -0.208. The van der Waals surface area contributed by atoms with E-state index in [9.17, 15) is 4.39 Å². The Morgan fingerprint density at radius 1 is 1.22 bits per heavy atom. The fourth-order valence-electron chi connectivity index (χ4n) is 1.70. The van der Waals surface area contributed by atoms with Gasteiger partial charge in [0.2, 0.25) is 0 Å². The minimum Gasteiger partial charge on any atom is -0.378 e. The molecule has 2 aromatic rings. The van der Waals surface area contributed by atoms with Gasteiger partial charge < -0.3 is 5.32 Å². The maximum atomic E-state index is 13.0. The molecule has 4 heteroatoms. The van der Waals surface area contributed by atoms with E-state index in [-0.39, 0.29) is 11.9 Å². The topological polar surface area (TPSA) is 12.0 Å². The monoisotopic (exact) mass is 419 g/mol. The van der Waals surface area contributed by atoms with Gasteiger partial charge in [0.15, 0.2) is 0 Å². The van der Waals surface area contributed by atoms with E-state index in [4.69, 9.17) is 0 Å². The molecule has 0 aliphatic carbocycles. The molecule has 1 unspecified atom stereocenters. The predicted molar refractivity (Wildman–Crippen MR) is 85.3 cm³/mol. The van der Waals surface area contributed by atoms with Crippen LogP contribution in [0.1, 0.15) is 18.5 Å². The lowest BCUT2D eigenvalue weighted by Gasteiger charge is -2.17. The van der Waals surface area contributed by atoms with Crippen molar-refractivity contribution in [2.24, 2.45) is 0 Å². The Labute approximate surface area is 128 Å². The maximum absolute atomic E-state index is 13.0. The van der Waals surface area contributed by atoms with Gasteiger partial charge in [0.05, 0.1) is 0 Å². The Kier molecular flexibility index (Phi) is 4.61. The van der Waals surface area contributed by atoms with Crippen LogP contribution >= 0.6 is 38.5 Å². The summed E-state index contributed by atoms with van der Waals surface area (Å²) >= 11 is 5.59. The molecule has 1 nitrogen and oxygen atoms in total. The Hall–Kier alpha value is -0.620. The van der Waals surface area contributed by atoms with Gasteiger partial charge >= 0.3 is 0 Å². The fraction of sp³-hybridized carbons (Fsp3) is 0.143. The summed E-state index contributed by atoms with van der Waals surface area (Å²) in [5.74, 6) is -0.208. The van der Waals surface area contributed by atoms with Crippen LogP contribution in [-0.4, -0.2) is 0 Å². The number of benzene rings is 2. The first-order valence-corrected chi connectivity index (χ1v) is 7.40. The summed E-state index contributed by atoms with van der Waals surface area (Å²) < 4.78 is 15.0. The SMILES string of the molecule is CC(Nc1ccc(F)cc1I)c1cccc(Br)c1. The van der Waals surface area contributed by atoms with Gasteiger partial charge in [0.1, 0.15) is 5.82 Å². The molecule has 0 fully saturated rings. The molecule has 2 rings (SSSR count). The molecule has 0 bridgehead atoms. The third-order valence-corrected chi connectivity index (χ3v) is 4.04. The molecular formula is C14H12BrFIN. The van der Waals surface area contributed by atoms with Gasteiger partial charge in [-0.05, 0) is 65.4 Å². The van der Waals surface area contributed by atoms with Crippen LogP contribution in [0, 0.1) is 9.39 Å². The van der Waals surface area contributed by atoms with E-state index in [1.165, 1.54) is 17.7 Å². The summed E-state index contributed by atoms with van der Waals surface area (Å²) in [4.78, 5) is 0. The normalized spacial score (nSPS) is 12.2. The van der Waals surface area contributed by atoms with Crippen molar-refractivity contribution in [2.75, 3.05) is 5.32 Å². The third-order valence-electron chi connectivity index (χ3n) is 2.65. The molecule has 0 aliphatic heterocycles. The zero-order valence-electron chi connectivity index (χ0n) is 9.75. The van der Waals surface area contributed by atoms with Crippen LogP contribution in [0.5, 0.6) is 0 Å². The van der Waals surface area contributed by atoms with Crippen molar-refractivity contribution in [3.8, 4) is 0 Å². The van der Waals surface area contributed by atoms with Gasteiger partial charge in [-0.3, -0.25) is 0 Å². The average Bonchev–Trinajstić information content (AvgIpc) is 2.32. The standard InChI is InChI=1S/C14H12BrFIN/c1-9(10-3-2-4-11(15)7-10)18-14-6-5-12(16)8-13(14)17/h2-9,18H,1H3. The average molecular weight is 420 g/mol. The Balaban J connectivity index is 2.18. The highest BCUT2D eigenvalue weighted by atomic mass is 127. The van der Waals surface area contributed by atoms with Crippen molar-refractivity contribution in [3.63, 3.8) is 0 Å². The molecule has 2 aromatic carbocycles. The Bertz CT molecular complexity index is 559. The first kappa shape index (κ1) is 13.8. The summed E-state index contributed by atoms with van der Waals surface area (Å²) in [7, 11) is 0. The van der Waals surface area contributed by atoms with E-state index < -0.39 is 0 Å². The maximum Gasteiger partial charge on any atom is 0.124 e. The van der Waals surface area contributed by atoms with Crippen molar-refractivity contribution >= 4 is 44.2 Å². The molecule has 0 amide bonds. The van der Waals surface area contributed by atoms with E-state index in [1.807, 2.05) is 12.1 Å². The summed E-state index contributed by atoms with van der Waals surface area (Å²) in [6, 6.07) is 13.1. The van der Waals surface area contributed by atoms with Crippen LogP contribution in [0.4, 0.5) is 10.1 Å². The Morgan fingerprint density at radius 2 is 2.00 bits per heavy atom. The number of hydrogen-bond donors (Lipinski definition) is 1. The highest BCUT2D eigenvalue weighted by Crippen LogP contribution is 2.25. The van der Waals surface area contributed by atoms with E-state index in [0.29, 0.717) is 0 Å². The molecular weight excluding hydrogens is 408 g/mol. The number of anilines is 1. The molecule has 0 radical (unpaired) electrons. The minimum absolute atomic E-state index is 0.168. The molecule has 1 atom stereocenters. The number of hydrogen-bond acceptors (Lipinski definition) is 1. The third kappa shape index (κ3) is 3.45. The van der Waals surface area contributed by atoms with Crippen LogP contribution < -0.4 is 5.32 Å². The second-order valence-corrected chi connectivity index (χ2v) is 6.12. The first-order valence-electron chi connectivity index (χ1n) is 5.53. The molecule has 18 heavy (non-hydrogen) atoms. The molecule has 0 saturated carbocycles. The molecule has 94 valence electrons. The largest absolute Gasteiger partial charge is 0.378 e. The van der Waals surface area contributed by atoms with E-state index in [2.05, 4.69) is 62.9 Å². The van der Waals surface area contributed by atoms with E-state index >= 15 is 0 Å². The second kappa shape index (κ2) is 6.02. The highest BCUT2D eigenvalue weighted by Gasteiger charge is 2.08. The van der Waals surface area contributed by atoms with Crippen LogP contribution in [0.25, 0.3) is 0 Å². The summed E-state index contributed by atoms with van der Waals surface area (Å²) in [5.41, 5.74) is 2.13. The molecule has 0 aromatic heterocycles. The molecule has 0 heterocycles. The van der Waals surface area contributed by atoms with Crippen LogP contribution in [0.2, 0.25) is 0 Å². The lowest BCUT2D eigenvalue weighted by atomic mass is 10.1. The van der Waals surface area contributed by atoms with E-state index in [0.717, 1.165) is 13.7 Å². The van der Waals surface area contributed by atoms with E-state index in [1.54, 1.807) is 6.07 Å². The van der Waals surface area contributed by atoms with Gasteiger partial charge in [0.25, 0.3) is 0 Å². The first-order chi connectivity index (χ1) is 8.56. The number of rotatable bonds is 3. The fourth-order valence-corrected chi connectivity index (χ4v) is 2.75. The molecule has 0 saturated heterocycles. The van der Waals surface area contributed by atoms with Crippen molar-refractivity contribution in [3.05, 3.63) is 61.9 Å². The number of halogens is 3. The quantitative estimate of drug-likeness (QED) is 0.660. The summed E-state index contributed by atoms with van der Waals surface area (Å²) in [6.45, 7) is 2.08. The lowest BCUT2D eigenvalue weighted by molar-refractivity contribution is 0.627. The zero-order valence-corrected chi connectivity index (χ0v) is 13.5. The van der Waals surface area contributed by atoms with Gasteiger partial charge in [-0.2, -0.15) is 0 Å². The van der Waals surface area contributed by atoms with Crippen molar-refractivity contribution in [2.45, 2.75) is 13.0 Å². The zero-order chi connectivity index (χ0) is 13.1. The second-order valence-electron chi connectivity index (χ2n) is 4.05. The summed E-state index contributed by atoms with van der Waals surface area (Å²) in [5, 5.41) is 3.39. The predicted octanol–water partition coefficient (Wildman–Crippen LogP) is 5.37. The van der Waals surface area contributed by atoms with Crippen molar-refractivity contribution in [1.82, 2.24) is 0 Å². The number of nitrogens with one attached hydrogen (secondary N) is 1. The molecule has 0 aliphatic rings. The smallest absolute Gasteiger partial charge is 0.124 e. The Morgan fingerprint density at radius 3 is 2.67 bits per heavy atom. The van der Waals surface area contributed by atoms with Crippen LogP contribution in [0.15, 0.2) is 46.9 Å². The van der Waals surface area contributed by atoms with Gasteiger partial charge in [-0.1, -0.05) is 28.1 Å². The molecule has 1 N–H and O–H groups in total. The van der Waals surface area contributed by atoms with Crippen molar-refractivity contribution < 1.29 is 4.39 Å². The molecule has 0 spiro atoms. The van der Waals surface area contributed by atoms with Crippen molar-refractivity contribution in [1.29, 1.82) is 0 Å². The van der Waals surface area contributed by atoms with Crippen LogP contribution in [-0.2, 0) is 0 Å². The highest BCUT2D eigenvalue weighted by molar-refractivity contribution is 14.1. The summed E-state index contributed by atoms with van der Waals surface area (Å²) in [6.07, 6.45) is 0. The van der Waals surface area contributed by atoms with Gasteiger partial charge in [-0.15, -0.1) is 0 Å². The van der Waals surface area contributed by atoms with Gasteiger partial charge in [-0.25, -0.2) is 4.39 Å².